The second kappa shape index (κ2) is 8.34. The summed E-state index contributed by atoms with van der Waals surface area (Å²) in [6.45, 7) is 2.22. The van der Waals surface area contributed by atoms with Gasteiger partial charge in [0.15, 0.2) is 11.8 Å². The van der Waals surface area contributed by atoms with Crippen molar-refractivity contribution in [1.29, 1.82) is 0 Å². The van der Waals surface area contributed by atoms with Crippen LogP contribution < -0.4 is 5.32 Å². The summed E-state index contributed by atoms with van der Waals surface area (Å²) < 4.78 is 7.51. The lowest BCUT2D eigenvalue weighted by Crippen LogP contribution is -2.40. The predicted octanol–water partition coefficient (Wildman–Crippen LogP) is 2.93. The first-order chi connectivity index (χ1) is 16.6. The molecule has 34 heavy (non-hydrogen) atoms. The number of aliphatic hydroxyl groups excluding tert-OH is 1. The molecular formula is C25H26N6O3. The number of furan rings is 1. The summed E-state index contributed by atoms with van der Waals surface area (Å²) in [6.07, 6.45) is 12.5. The number of hydrogen-bond acceptors (Lipinski definition) is 7. The van der Waals surface area contributed by atoms with Crippen molar-refractivity contribution in [2.75, 3.05) is 19.6 Å². The highest BCUT2D eigenvalue weighted by Crippen LogP contribution is 2.59. The Balaban J connectivity index is 1.01. The summed E-state index contributed by atoms with van der Waals surface area (Å²) >= 11 is 0. The largest absolute Gasteiger partial charge is 0.455 e. The Bertz CT molecular complexity index is 1260. The molecule has 4 aromatic rings. The van der Waals surface area contributed by atoms with Crippen LogP contribution in [0.3, 0.4) is 0 Å². The molecule has 0 radical (unpaired) electrons. The van der Waals surface area contributed by atoms with Crippen molar-refractivity contribution < 1.29 is 14.3 Å². The second-order valence-corrected chi connectivity index (χ2v) is 9.30. The van der Waals surface area contributed by atoms with E-state index in [-0.39, 0.29) is 11.3 Å². The Morgan fingerprint density at radius 2 is 2.09 bits per heavy atom. The molecule has 0 bridgehead atoms. The molecule has 2 fully saturated rings. The van der Waals surface area contributed by atoms with Crippen molar-refractivity contribution in [2.24, 2.45) is 11.3 Å². The molecule has 1 aliphatic carbocycles. The van der Waals surface area contributed by atoms with Gasteiger partial charge in [-0.3, -0.25) is 19.7 Å². The molecule has 6 rings (SSSR count). The van der Waals surface area contributed by atoms with Gasteiger partial charge in [-0.05, 0) is 54.9 Å². The van der Waals surface area contributed by atoms with E-state index in [9.17, 15) is 9.90 Å². The van der Waals surface area contributed by atoms with Crippen molar-refractivity contribution in [2.45, 2.75) is 25.5 Å². The molecule has 5 heterocycles. The summed E-state index contributed by atoms with van der Waals surface area (Å²) in [4.78, 5) is 27.4. The van der Waals surface area contributed by atoms with Crippen LogP contribution in [0, 0.1) is 11.3 Å². The first-order valence-electron chi connectivity index (χ1n) is 11.6. The third kappa shape index (κ3) is 3.86. The topological polar surface area (TPSA) is 109 Å². The van der Waals surface area contributed by atoms with E-state index in [4.69, 9.17) is 4.42 Å². The maximum Gasteiger partial charge on any atom is 0.255 e. The van der Waals surface area contributed by atoms with Gasteiger partial charge in [0.1, 0.15) is 17.9 Å². The van der Waals surface area contributed by atoms with Gasteiger partial charge in [0.05, 0.1) is 11.8 Å². The monoisotopic (exact) mass is 458 g/mol. The van der Waals surface area contributed by atoms with Crippen LogP contribution >= 0.6 is 0 Å². The van der Waals surface area contributed by atoms with E-state index in [2.05, 4.69) is 20.3 Å². The Kier molecular flexibility index (Phi) is 5.15. The van der Waals surface area contributed by atoms with Crippen LogP contribution in [0.25, 0.3) is 16.8 Å². The minimum absolute atomic E-state index is 0.0321. The molecule has 2 aliphatic rings. The number of aromatic nitrogens is 4. The number of carbonyl (C=O) groups is 1. The van der Waals surface area contributed by atoms with E-state index in [1.165, 1.54) is 0 Å². The minimum atomic E-state index is -0.843. The van der Waals surface area contributed by atoms with Gasteiger partial charge in [-0.1, -0.05) is 0 Å². The first kappa shape index (κ1) is 21.0. The molecule has 2 N–H and O–H groups in total. The second-order valence-electron chi connectivity index (χ2n) is 9.30. The van der Waals surface area contributed by atoms with Crippen molar-refractivity contribution >= 4 is 16.9 Å². The maximum atomic E-state index is 13.0. The number of likely N-dealkylation sites (tertiary alicyclic amines) is 1. The Morgan fingerprint density at radius 1 is 1.21 bits per heavy atom. The van der Waals surface area contributed by atoms with Crippen LogP contribution in [-0.4, -0.2) is 55.1 Å². The number of pyridine rings is 2. The van der Waals surface area contributed by atoms with Gasteiger partial charge < -0.3 is 14.4 Å². The van der Waals surface area contributed by atoms with E-state index in [0.29, 0.717) is 22.8 Å². The molecule has 9 heteroatoms. The highest BCUT2D eigenvalue weighted by Gasteiger charge is 2.54. The molecular weight excluding hydrogens is 432 g/mol. The molecule has 174 valence electrons. The molecule has 2 unspecified atom stereocenters. The SMILES string of the molecule is O=C(c1ccc(-n2ccnc2)nc1)N1CCC2(CC1)CC2CNC(O)c1cc2ccncc2o1. The number of rotatable bonds is 6. The highest BCUT2D eigenvalue weighted by molar-refractivity contribution is 5.94. The molecule has 4 aromatic heterocycles. The number of hydrogen-bond donors (Lipinski definition) is 2. The van der Waals surface area contributed by atoms with Crippen LogP contribution in [0.1, 0.15) is 41.6 Å². The number of nitrogens with one attached hydrogen (secondary N) is 1. The Morgan fingerprint density at radius 3 is 2.82 bits per heavy atom. The fourth-order valence-corrected chi connectivity index (χ4v) is 5.12. The van der Waals surface area contributed by atoms with Gasteiger partial charge in [0.25, 0.3) is 5.91 Å². The number of amides is 1. The normalized spacial score (nSPS) is 20.0. The number of nitrogens with zero attached hydrogens (tertiary/aromatic N) is 5. The van der Waals surface area contributed by atoms with Crippen LogP contribution in [0.2, 0.25) is 0 Å². The van der Waals surface area contributed by atoms with E-state index in [1.807, 2.05) is 39.9 Å². The van der Waals surface area contributed by atoms with Gasteiger partial charge in [-0.2, -0.15) is 0 Å². The van der Waals surface area contributed by atoms with Crippen molar-refractivity contribution in [3.63, 3.8) is 0 Å². The quantitative estimate of drug-likeness (QED) is 0.428. The minimum Gasteiger partial charge on any atom is -0.455 e. The molecule has 0 aromatic carbocycles. The zero-order valence-corrected chi connectivity index (χ0v) is 18.7. The number of imidazole rings is 1. The van der Waals surface area contributed by atoms with Crippen LogP contribution in [0.15, 0.2) is 66.0 Å². The van der Waals surface area contributed by atoms with Crippen LogP contribution in [0.4, 0.5) is 0 Å². The Hall–Kier alpha value is -3.56. The van der Waals surface area contributed by atoms with Crippen LogP contribution in [-0.2, 0) is 0 Å². The number of carbonyl (C=O) groups excluding carboxylic acids is 1. The summed E-state index contributed by atoms with van der Waals surface area (Å²) in [5.74, 6) is 1.78. The summed E-state index contributed by atoms with van der Waals surface area (Å²) in [5, 5.41) is 14.7. The van der Waals surface area contributed by atoms with E-state index < -0.39 is 6.23 Å². The lowest BCUT2D eigenvalue weighted by molar-refractivity contribution is 0.0663. The zero-order valence-electron chi connectivity index (χ0n) is 18.7. The van der Waals surface area contributed by atoms with Gasteiger partial charge in [-0.25, -0.2) is 9.97 Å². The van der Waals surface area contributed by atoms with E-state index >= 15 is 0 Å². The van der Waals surface area contributed by atoms with Gasteiger partial charge in [0.2, 0.25) is 0 Å². The van der Waals surface area contributed by atoms with Crippen molar-refractivity contribution in [3.8, 4) is 5.82 Å². The summed E-state index contributed by atoms with van der Waals surface area (Å²) in [6, 6.07) is 7.38. The number of piperidine rings is 1. The predicted molar refractivity (Wildman–Crippen MR) is 124 cm³/mol. The van der Waals surface area contributed by atoms with E-state index in [0.717, 1.165) is 50.1 Å². The van der Waals surface area contributed by atoms with Gasteiger partial charge in [0, 0.05) is 49.8 Å². The number of fused-ring (bicyclic) bond motifs is 1. The molecule has 1 spiro atoms. The maximum absolute atomic E-state index is 13.0. The van der Waals surface area contributed by atoms with Gasteiger partial charge in [-0.15, -0.1) is 0 Å². The zero-order chi connectivity index (χ0) is 23.1. The van der Waals surface area contributed by atoms with Crippen molar-refractivity contribution in [1.82, 2.24) is 29.7 Å². The Labute approximate surface area is 196 Å². The van der Waals surface area contributed by atoms with E-state index in [1.54, 1.807) is 31.1 Å². The highest BCUT2D eigenvalue weighted by atomic mass is 16.4. The lowest BCUT2D eigenvalue weighted by atomic mass is 9.90. The number of aliphatic hydroxyl groups is 1. The lowest BCUT2D eigenvalue weighted by Gasteiger charge is -2.33. The fourth-order valence-electron chi connectivity index (χ4n) is 5.12. The summed E-state index contributed by atoms with van der Waals surface area (Å²) in [7, 11) is 0. The average molecular weight is 459 g/mol. The molecule has 9 nitrogen and oxygen atoms in total. The summed E-state index contributed by atoms with van der Waals surface area (Å²) in [5.41, 5.74) is 1.55. The standard InChI is InChI=1S/C25H26N6O3/c32-23(20-11-17-3-6-26-15-21(17)34-20)29-14-19-12-25(19)4-8-30(9-5-25)24(33)18-1-2-22(28-13-18)31-10-7-27-16-31/h1-3,6-7,10-11,13,15-16,19,23,29,32H,4-5,8-9,12,14H2. The molecule has 1 saturated carbocycles. The molecule has 1 aliphatic heterocycles. The molecule has 1 amide bonds. The first-order valence-corrected chi connectivity index (χ1v) is 11.6. The molecule has 2 atom stereocenters. The third-order valence-corrected chi connectivity index (χ3v) is 7.34. The third-order valence-electron chi connectivity index (χ3n) is 7.34. The average Bonchev–Trinajstić information content (AvgIpc) is 3.26. The van der Waals surface area contributed by atoms with Gasteiger partial charge >= 0.3 is 0 Å². The fraction of sp³-hybridized carbons (Fsp3) is 0.360. The molecule has 1 saturated heterocycles. The van der Waals surface area contributed by atoms with Crippen molar-refractivity contribution in [3.05, 3.63) is 72.9 Å². The van der Waals surface area contributed by atoms with Crippen LogP contribution in [0.5, 0.6) is 0 Å². The smallest absolute Gasteiger partial charge is 0.255 e.